The van der Waals surface area contributed by atoms with Gasteiger partial charge in [-0.15, -0.1) is 0 Å². The molecule has 0 unspecified atom stereocenters. The average molecular weight is 508 g/mol. The van der Waals surface area contributed by atoms with Crippen LogP contribution < -0.4 is 0 Å². The zero-order valence-electron chi connectivity index (χ0n) is 26.1. The molecule has 0 aliphatic rings. The maximum atomic E-state index is 2.83. The monoisotopic (exact) mass is 508 g/mol. The first kappa shape index (κ1) is 36.0. The predicted octanol–water partition coefficient (Wildman–Crippen LogP) is 12.7. The molecule has 218 valence electrons. The van der Waals surface area contributed by atoms with Crippen LogP contribution in [-0.4, -0.2) is 24.5 Å². The third-order valence-electron chi connectivity index (χ3n) is 8.23. The first-order valence-corrected chi connectivity index (χ1v) is 17.6. The van der Waals surface area contributed by atoms with Crippen LogP contribution in [0.3, 0.4) is 0 Å². The molecule has 0 spiro atoms. The summed E-state index contributed by atoms with van der Waals surface area (Å²) in [7, 11) is 0. The Balaban J connectivity index is 3.71. The SMILES string of the molecule is CCCCCCCCCCCCCCCCCN(CCCCCCCCC)CCCCCCCCC. The standard InChI is InChI=1S/C35H73N/c1-4-7-10-13-16-17-18-19-20-21-22-23-26-29-32-35-36(33-30-27-24-14-11-8-5-2)34-31-28-25-15-12-9-6-3/h4-35H2,1-3H3. The molecule has 0 radical (unpaired) electrons. The molecule has 0 aliphatic carbocycles. The second kappa shape index (κ2) is 33.0. The summed E-state index contributed by atoms with van der Waals surface area (Å²) in [6, 6.07) is 0. The second-order valence-electron chi connectivity index (χ2n) is 12.0. The lowest BCUT2D eigenvalue weighted by molar-refractivity contribution is 0.254. The Bertz CT molecular complexity index is 348. The van der Waals surface area contributed by atoms with E-state index in [0.717, 1.165) is 0 Å². The van der Waals surface area contributed by atoms with Crippen molar-refractivity contribution in [1.82, 2.24) is 4.90 Å². The molecule has 1 heteroatoms. The van der Waals surface area contributed by atoms with Crippen LogP contribution in [0.5, 0.6) is 0 Å². The number of rotatable bonds is 32. The van der Waals surface area contributed by atoms with Gasteiger partial charge in [-0.1, -0.05) is 188 Å². The van der Waals surface area contributed by atoms with E-state index in [9.17, 15) is 0 Å². The van der Waals surface area contributed by atoms with E-state index in [-0.39, 0.29) is 0 Å². The molecule has 0 aliphatic heterocycles. The van der Waals surface area contributed by atoms with E-state index in [1.54, 1.807) is 0 Å². The lowest BCUT2D eigenvalue weighted by Gasteiger charge is -2.22. The molecule has 0 fully saturated rings. The van der Waals surface area contributed by atoms with Gasteiger partial charge in [0.05, 0.1) is 0 Å². The molecule has 0 amide bonds. The summed E-state index contributed by atoms with van der Waals surface area (Å²) in [5.74, 6) is 0. The van der Waals surface area contributed by atoms with Crippen molar-refractivity contribution in [1.29, 1.82) is 0 Å². The molecule has 1 nitrogen and oxygen atoms in total. The van der Waals surface area contributed by atoms with Gasteiger partial charge in [0.25, 0.3) is 0 Å². The van der Waals surface area contributed by atoms with Crippen LogP contribution in [0.25, 0.3) is 0 Å². The normalized spacial score (nSPS) is 11.7. The van der Waals surface area contributed by atoms with E-state index >= 15 is 0 Å². The molecule has 0 heterocycles. The van der Waals surface area contributed by atoms with E-state index in [0.29, 0.717) is 0 Å². The minimum absolute atomic E-state index is 1.36. The molecule has 0 rings (SSSR count). The van der Waals surface area contributed by atoms with Crippen LogP contribution in [-0.2, 0) is 0 Å². The van der Waals surface area contributed by atoms with Gasteiger partial charge >= 0.3 is 0 Å². The minimum atomic E-state index is 1.36. The van der Waals surface area contributed by atoms with E-state index in [1.807, 2.05) is 0 Å². The summed E-state index contributed by atoms with van der Waals surface area (Å²) in [5.41, 5.74) is 0. The number of hydrogen-bond donors (Lipinski definition) is 0. The van der Waals surface area contributed by atoms with E-state index in [1.165, 1.54) is 206 Å². The van der Waals surface area contributed by atoms with Gasteiger partial charge in [0.2, 0.25) is 0 Å². The summed E-state index contributed by atoms with van der Waals surface area (Å²) in [4.78, 5) is 2.83. The third-order valence-corrected chi connectivity index (χ3v) is 8.23. The highest BCUT2D eigenvalue weighted by atomic mass is 15.1. The Labute approximate surface area is 231 Å². The highest BCUT2D eigenvalue weighted by Crippen LogP contribution is 2.15. The van der Waals surface area contributed by atoms with Crippen molar-refractivity contribution in [3.8, 4) is 0 Å². The molecular formula is C35H73N. The van der Waals surface area contributed by atoms with E-state index in [2.05, 4.69) is 25.7 Å². The molecule has 0 atom stereocenters. The molecule has 0 bridgehead atoms. The first-order chi connectivity index (χ1) is 17.8. The number of unbranched alkanes of at least 4 members (excludes halogenated alkanes) is 26. The fourth-order valence-electron chi connectivity index (χ4n) is 5.63. The van der Waals surface area contributed by atoms with Crippen LogP contribution in [0.4, 0.5) is 0 Å². The smallest absolute Gasteiger partial charge is 0.00187 e. The quantitative estimate of drug-likeness (QED) is 0.0818. The average Bonchev–Trinajstić information content (AvgIpc) is 2.89. The van der Waals surface area contributed by atoms with Crippen LogP contribution >= 0.6 is 0 Å². The Morgan fingerprint density at radius 3 is 0.583 bits per heavy atom. The molecule has 0 saturated carbocycles. The number of nitrogens with zero attached hydrogens (tertiary/aromatic N) is 1. The third kappa shape index (κ3) is 30.2. The van der Waals surface area contributed by atoms with Gasteiger partial charge in [0.1, 0.15) is 0 Å². The van der Waals surface area contributed by atoms with Gasteiger partial charge in [0.15, 0.2) is 0 Å². The molecule has 0 aromatic rings. The Morgan fingerprint density at radius 1 is 0.222 bits per heavy atom. The zero-order chi connectivity index (χ0) is 26.2. The van der Waals surface area contributed by atoms with Crippen LogP contribution in [0.15, 0.2) is 0 Å². The minimum Gasteiger partial charge on any atom is -0.303 e. The number of hydrogen-bond acceptors (Lipinski definition) is 1. The van der Waals surface area contributed by atoms with Crippen molar-refractivity contribution in [2.24, 2.45) is 0 Å². The van der Waals surface area contributed by atoms with Gasteiger partial charge < -0.3 is 4.90 Å². The van der Waals surface area contributed by atoms with Gasteiger partial charge in [-0.05, 0) is 38.9 Å². The highest BCUT2D eigenvalue weighted by molar-refractivity contribution is 4.61. The molecule has 36 heavy (non-hydrogen) atoms. The Kier molecular flexibility index (Phi) is 33.0. The highest BCUT2D eigenvalue weighted by Gasteiger charge is 2.05. The van der Waals surface area contributed by atoms with Crippen LogP contribution in [0.2, 0.25) is 0 Å². The van der Waals surface area contributed by atoms with E-state index < -0.39 is 0 Å². The Morgan fingerprint density at radius 2 is 0.389 bits per heavy atom. The van der Waals surface area contributed by atoms with Crippen LogP contribution in [0, 0.1) is 0 Å². The predicted molar refractivity (Wildman–Crippen MR) is 167 cm³/mol. The second-order valence-corrected chi connectivity index (χ2v) is 12.0. The summed E-state index contributed by atoms with van der Waals surface area (Å²) in [5, 5.41) is 0. The van der Waals surface area contributed by atoms with Crippen molar-refractivity contribution in [3.63, 3.8) is 0 Å². The lowest BCUT2D eigenvalue weighted by Crippen LogP contribution is -2.27. The topological polar surface area (TPSA) is 3.24 Å². The zero-order valence-corrected chi connectivity index (χ0v) is 26.1. The molecule has 0 aromatic heterocycles. The lowest BCUT2D eigenvalue weighted by atomic mass is 10.0. The summed E-state index contributed by atoms with van der Waals surface area (Å²) in [6.45, 7) is 11.0. The fourth-order valence-corrected chi connectivity index (χ4v) is 5.63. The molecule has 0 saturated heterocycles. The van der Waals surface area contributed by atoms with E-state index in [4.69, 9.17) is 0 Å². The fraction of sp³-hybridized carbons (Fsp3) is 1.00. The van der Waals surface area contributed by atoms with Crippen molar-refractivity contribution < 1.29 is 0 Å². The van der Waals surface area contributed by atoms with Crippen LogP contribution in [0.1, 0.15) is 207 Å². The van der Waals surface area contributed by atoms with Crippen molar-refractivity contribution in [2.45, 2.75) is 207 Å². The summed E-state index contributed by atoms with van der Waals surface area (Å²) in [6.07, 6.45) is 42.1. The molecule has 0 N–H and O–H groups in total. The summed E-state index contributed by atoms with van der Waals surface area (Å²) >= 11 is 0. The Hall–Kier alpha value is -0.0400. The van der Waals surface area contributed by atoms with Gasteiger partial charge in [-0.3, -0.25) is 0 Å². The summed E-state index contributed by atoms with van der Waals surface area (Å²) < 4.78 is 0. The van der Waals surface area contributed by atoms with Gasteiger partial charge in [-0.25, -0.2) is 0 Å². The molecular weight excluding hydrogens is 434 g/mol. The van der Waals surface area contributed by atoms with Crippen molar-refractivity contribution >= 4 is 0 Å². The van der Waals surface area contributed by atoms with Crippen molar-refractivity contribution in [3.05, 3.63) is 0 Å². The maximum Gasteiger partial charge on any atom is -0.00187 e. The first-order valence-electron chi connectivity index (χ1n) is 17.6. The molecule has 0 aromatic carbocycles. The largest absolute Gasteiger partial charge is 0.303 e. The van der Waals surface area contributed by atoms with Gasteiger partial charge in [0, 0.05) is 0 Å². The van der Waals surface area contributed by atoms with Gasteiger partial charge in [-0.2, -0.15) is 0 Å². The van der Waals surface area contributed by atoms with Crippen molar-refractivity contribution in [2.75, 3.05) is 19.6 Å². The maximum absolute atomic E-state index is 2.83.